The largest absolute Gasteiger partial charge is 0.0610 e. The quantitative estimate of drug-likeness (QED) is 0.163. The fourth-order valence-electron chi connectivity index (χ4n) is 10.1. The molecule has 0 radical (unpaired) electrons. The molecule has 0 atom stereocenters. The summed E-state index contributed by atoms with van der Waals surface area (Å²) in [6, 6.07) is 68.9. The Balaban J connectivity index is 1.14. The molecule has 0 fully saturated rings. The normalized spacial score (nSPS) is 12.4. The van der Waals surface area contributed by atoms with E-state index >= 15 is 0 Å². The van der Waals surface area contributed by atoms with Crippen LogP contribution in [0.15, 0.2) is 182 Å². The van der Waals surface area contributed by atoms with Gasteiger partial charge in [0.15, 0.2) is 0 Å². The van der Waals surface area contributed by atoms with E-state index in [1.54, 1.807) is 0 Å². The van der Waals surface area contributed by atoms with Crippen molar-refractivity contribution in [2.75, 3.05) is 0 Å². The van der Waals surface area contributed by atoms with Crippen LogP contribution in [-0.2, 0) is 0 Å². The molecule has 0 saturated carbocycles. The second-order valence-electron chi connectivity index (χ2n) is 15.2. The summed E-state index contributed by atoms with van der Waals surface area (Å²) in [5.74, 6) is 0. The highest BCUT2D eigenvalue weighted by atomic mass is 14.2. The second kappa shape index (κ2) is 10.3. The van der Waals surface area contributed by atoms with E-state index in [0.29, 0.717) is 0 Å². The summed E-state index contributed by atoms with van der Waals surface area (Å²) in [6.07, 6.45) is 0. The molecular formula is C54H30. The SMILES string of the molecule is c1cc2ccc3ccc(-c4ccc(-c5ccc6ccc7cccc8ccc5c6c78)c(-c5ccc6ccc7cccc8ccc5c6c78)c4)c4ccc(c1)c2c34. The Bertz CT molecular complexity index is 3610. The van der Waals surface area contributed by atoms with Gasteiger partial charge in [0, 0.05) is 0 Å². The Morgan fingerprint density at radius 1 is 0.185 bits per heavy atom. The molecule has 0 spiro atoms. The minimum absolute atomic E-state index is 1.23. The first-order valence-electron chi connectivity index (χ1n) is 18.9. The van der Waals surface area contributed by atoms with E-state index in [1.807, 2.05) is 0 Å². The van der Waals surface area contributed by atoms with Gasteiger partial charge in [0.2, 0.25) is 0 Å². The van der Waals surface area contributed by atoms with Crippen LogP contribution in [0.4, 0.5) is 0 Å². The molecule has 0 heteroatoms. The Morgan fingerprint density at radius 3 is 0.907 bits per heavy atom. The maximum absolute atomic E-state index is 2.48. The zero-order valence-corrected chi connectivity index (χ0v) is 29.3. The van der Waals surface area contributed by atoms with Gasteiger partial charge < -0.3 is 0 Å². The van der Waals surface area contributed by atoms with Gasteiger partial charge in [0.05, 0.1) is 0 Å². The Labute approximate surface area is 311 Å². The molecule has 0 saturated heterocycles. The minimum Gasteiger partial charge on any atom is -0.0610 e. The summed E-state index contributed by atoms with van der Waals surface area (Å²) >= 11 is 0. The lowest BCUT2D eigenvalue weighted by atomic mass is 9.83. The van der Waals surface area contributed by atoms with Crippen molar-refractivity contribution in [3.63, 3.8) is 0 Å². The summed E-state index contributed by atoms with van der Waals surface area (Å²) < 4.78 is 0. The topological polar surface area (TPSA) is 0 Å². The van der Waals surface area contributed by atoms with Crippen LogP contribution in [0.5, 0.6) is 0 Å². The molecule has 0 amide bonds. The zero-order chi connectivity index (χ0) is 35.1. The predicted molar refractivity (Wildman–Crippen MR) is 234 cm³/mol. The lowest BCUT2D eigenvalue weighted by Crippen LogP contribution is -1.93. The lowest BCUT2D eigenvalue weighted by molar-refractivity contribution is 1.62. The summed E-state index contributed by atoms with van der Waals surface area (Å²) in [6.45, 7) is 0. The molecule has 0 nitrogen and oxygen atoms in total. The van der Waals surface area contributed by atoms with E-state index in [4.69, 9.17) is 0 Å². The van der Waals surface area contributed by atoms with Crippen LogP contribution < -0.4 is 0 Å². The standard InChI is InChI=1S/C54H30/c1-4-31-10-13-37-16-23-41(45-27-19-34(7-1)49(31)52(37)45)40-22-26-43(42-24-17-38-14-11-32-5-2-8-35-20-28-46(42)53(38)50(32)35)48(30-40)44-25-18-39-15-12-33-6-3-9-36-21-29-47(44)54(39)51(33)36/h1-30H. The highest BCUT2D eigenvalue weighted by molar-refractivity contribution is 6.29. The van der Waals surface area contributed by atoms with Gasteiger partial charge in [0.1, 0.15) is 0 Å². The third kappa shape index (κ3) is 3.72. The molecule has 0 aliphatic heterocycles. The van der Waals surface area contributed by atoms with Gasteiger partial charge in [-0.05, 0) is 136 Å². The van der Waals surface area contributed by atoms with Crippen LogP contribution in [0.3, 0.4) is 0 Å². The van der Waals surface area contributed by atoms with E-state index in [1.165, 1.54) is 130 Å². The monoisotopic (exact) mass is 678 g/mol. The molecule has 0 unspecified atom stereocenters. The smallest absolute Gasteiger partial charge is 0.00206 e. The maximum atomic E-state index is 2.48. The van der Waals surface area contributed by atoms with E-state index in [9.17, 15) is 0 Å². The molecule has 13 aromatic rings. The molecule has 0 aliphatic carbocycles. The van der Waals surface area contributed by atoms with Crippen molar-refractivity contribution in [2.24, 2.45) is 0 Å². The molecule has 246 valence electrons. The van der Waals surface area contributed by atoms with Crippen molar-refractivity contribution in [1.82, 2.24) is 0 Å². The average molecular weight is 679 g/mol. The van der Waals surface area contributed by atoms with Crippen molar-refractivity contribution < 1.29 is 0 Å². The molecule has 0 aromatic heterocycles. The van der Waals surface area contributed by atoms with Crippen LogP contribution >= 0.6 is 0 Å². The van der Waals surface area contributed by atoms with Crippen LogP contribution in [0.2, 0.25) is 0 Å². The third-order valence-corrected chi connectivity index (χ3v) is 12.5. The van der Waals surface area contributed by atoms with E-state index in [-0.39, 0.29) is 0 Å². The number of hydrogen-bond donors (Lipinski definition) is 0. The Hall–Kier alpha value is -7.02. The average Bonchev–Trinajstić information content (AvgIpc) is 3.23. The van der Waals surface area contributed by atoms with Crippen LogP contribution in [0.25, 0.3) is 130 Å². The van der Waals surface area contributed by atoms with E-state index in [2.05, 4.69) is 182 Å². The molecule has 0 aliphatic rings. The molecule has 0 heterocycles. The van der Waals surface area contributed by atoms with Gasteiger partial charge in [-0.3, -0.25) is 0 Å². The van der Waals surface area contributed by atoms with Gasteiger partial charge in [-0.15, -0.1) is 0 Å². The summed E-state index contributed by atoms with van der Waals surface area (Å²) in [5.41, 5.74) is 7.54. The fourth-order valence-corrected chi connectivity index (χ4v) is 10.1. The highest BCUT2D eigenvalue weighted by Gasteiger charge is 2.20. The van der Waals surface area contributed by atoms with Gasteiger partial charge in [0.25, 0.3) is 0 Å². The lowest BCUT2D eigenvalue weighted by Gasteiger charge is -2.20. The number of rotatable bonds is 3. The van der Waals surface area contributed by atoms with Crippen molar-refractivity contribution in [3.8, 4) is 33.4 Å². The molecule has 0 N–H and O–H groups in total. The Kier molecular flexibility index (Phi) is 5.45. The summed E-state index contributed by atoms with van der Waals surface area (Å²) in [7, 11) is 0. The van der Waals surface area contributed by atoms with Crippen LogP contribution in [0, 0.1) is 0 Å². The van der Waals surface area contributed by atoms with Gasteiger partial charge >= 0.3 is 0 Å². The second-order valence-corrected chi connectivity index (χ2v) is 15.2. The molecule has 0 bridgehead atoms. The van der Waals surface area contributed by atoms with Gasteiger partial charge in [-0.1, -0.05) is 176 Å². The predicted octanol–water partition coefficient (Wildman–Crippen LogP) is 15.4. The van der Waals surface area contributed by atoms with Gasteiger partial charge in [-0.25, -0.2) is 0 Å². The van der Waals surface area contributed by atoms with Crippen molar-refractivity contribution >= 4 is 97.0 Å². The van der Waals surface area contributed by atoms with Crippen molar-refractivity contribution in [3.05, 3.63) is 182 Å². The number of hydrogen-bond acceptors (Lipinski definition) is 0. The molecule has 54 heavy (non-hydrogen) atoms. The van der Waals surface area contributed by atoms with Crippen LogP contribution in [-0.4, -0.2) is 0 Å². The van der Waals surface area contributed by atoms with Crippen molar-refractivity contribution in [1.29, 1.82) is 0 Å². The summed E-state index contributed by atoms with van der Waals surface area (Å²) in [4.78, 5) is 0. The molecular weight excluding hydrogens is 649 g/mol. The van der Waals surface area contributed by atoms with E-state index < -0.39 is 0 Å². The van der Waals surface area contributed by atoms with Crippen molar-refractivity contribution in [2.45, 2.75) is 0 Å². The maximum Gasteiger partial charge on any atom is -0.00206 e. The highest BCUT2D eigenvalue weighted by Crippen LogP contribution is 2.47. The first-order valence-corrected chi connectivity index (χ1v) is 18.9. The minimum atomic E-state index is 1.23. The van der Waals surface area contributed by atoms with E-state index in [0.717, 1.165) is 0 Å². The molecule has 13 rings (SSSR count). The molecule has 13 aromatic carbocycles. The first kappa shape index (κ1) is 28.6. The van der Waals surface area contributed by atoms with Gasteiger partial charge in [-0.2, -0.15) is 0 Å². The Morgan fingerprint density at radius 2 is 0.481 bits per heavy atom. The first-order chi connectivity index (χ1) is 26.8. The fraction of sp³-hybridized carbons (Fsp3) is 0. The summed E-state index contributed by atoms with van der Waals surface area (Å²) in [5, 5.41) is 23.6. The van der Waals surface area contributed by atoms with Crippen LogP contribution in [0.1, 0.15) is 0 Å². The third-order valence-electron chi connectivity index (χ3n) is 12.5. The number of benzene rings is 13. The zero-order valence-electron chi connectivity index (χ0n) is 29.3.